The van der Waals surface area contributed by atoms with E-state index in [1.807, 2.05) is 60.7 Å². The molecule has 0 aliphatic rings. The van der Waals surface area contributed by atoms with E-state index in [-0.39, 0.29) is 12.5 Å². The predicted molar refractivity (Wildman–Crippen MR) is 122 cm³/mol. The summed E-state index contributed by atoms with van der Waals surface area (Å²) in [4.78, 5) is 12.1. The Morgan fingerprint density at radius 3 is 2.43 bits per heavy atom. The number of hydrogen-bond acceptors (Lipinski definition) is 5. The van der Waals surface area contributed by atoms with E-state index in [9.17, 15) is 4.79 Å². The molecule has 0 atom stereocenters. The first-order valence-electron chi connectivity index (χ1n) is 9.31. The molecule has 0 unspecified atom stereocenters. The molecule has 1 amide bonds. The Morgan fingerprint density at radius 2 is 1.73 bits per heavy atom. The van der Waals surface area contributed by atoms with Crippen LogP contribution in [0, 0.1) is 0 Å². The Kier molecular flexibility index (Phi) is 7.86. The highest BCUT2D eigenvalue weighted by Crippen LogP contribution is 2.33. The van der Waals surface area contributed by atoms with Crippen molar-refractivity contribution in [2.45, 2.75) is 6.54 Å². The van der Waals surface area contributed by atoms with E-state index in [0.29, 0.717) is 18.0 Å². The molecule has 0 fully saturated rings. The Labute approximate surface area is 184 Å². The fourth-order valence-corrected chi connectivity index (χ4v) is 3.03. The van der Waals surface area contributed by atoms with Crippen LogP contribution in [-0.4, -0.2) is 25.8 Å². The Morgan fingerprint density at radius 1 is 1.03 bits per heavy atom. The van der Waals surface area contributed by atoms with Crippen molar-refractivity contribution in [3.8, 4) is 11.5 Å². The van der Waals surface area contributed by atoms with Crippen LogP contribution in [0.2, 0.25) is 0 Å². The zero-order chi connectivity index (χ0) is 21.2. The number of methoxy groups -OCH3 is 1. The lowest BCUT2D eigenvalue weighted by Crippen LogP contribution is -2.28. The Balaban J connectivity index is 1.58. The van der Waals surface area contributed by atoms with Gasteiger partial charge in [0.2, 0.25) is 0 Å². The lowest BCUT2D eigenvalue weighted by atomic mass is 10.2. The molecule has 30 heavy (non-hydrogen) atoms. The molecule has 0 bridgehead atoms. The van der Waals surface area contributed by atoms with E-state index in [0.717, 1.165) is 21.3 Å². The number of ether oxygens (including phenoxy) is 2. The number of rotatable bonds is 9. The molecule has 0 aliphatic carbocycles. The summed E-state index contributed by atoms with van der Waals surface area (Å²) >= 11 is 3.51. The predicted octanol–water partition coefficient (Wildman–Crippen LogP) is 4.60. The number of hydrazone groups is 1. The van der Waals surface area contributed by atoms with Gasteiger partial charge in [-0.2, -0.15) is 5.10 Å². The molecule has 0 saturated heterocycles. The van der Waals surface area contributed by atoms with Crippen LogP contribution in [0.3, 0.4) is 0 Å². The number of anilines is 1. The van der Waals surface area contributed by atoms with Crippen molar-refractivity contribution in [1.82, 2.24) is 5.32 Å². The van der Waals surface area contributed by atoms with Gasteiger partial charge in [0, 0.05) is 16.6 Å². The number of hydrogen-bond donors (Lipinski definition) is 2. The van der Waals surface area contributed by atoms with Crippen molar-refractivity contribution >= 4 is 33.7 Å². The number of halogens is 1. The van der Waals surface area contributed by atoms with Gasteiger partial charge in [-0.15, -0.1) is 0 Å². The van der Waals surface area contributed by atoms with Gasteiger partial charge in [0.25, 0.3) is 5.91 Å². The normalized spacial score (nSPS) is 10.6. The van der Waals surface area contributed by atoms with Crippen molar-refractivity contribution in [2.24, 2.45) is 5.10 Å². The number of nitrogens with zero attached hydrogens (tertiary/aromatic N) is 1. The van der Waals surface area contributed by atoms with Gasteiger partial charge in [0.15, 0.2) is 18.1 Å². The zero-order valence-electron chi connectivity index (χ0n) is 16.5. The molecule has 0 saturated carbocycles. The molecule has 154 valence electrons. The molecule has 3 aromatic carbocycles. The van der Waals surface area contributed by atoms with E-state index in [1.54, 1.807) is 25.5 Å². The van der Waals surface area contributed by atoms with Crippen LogP contribution in [0.25, 0.3) is 0 Å². The first kappa shape index (κ1) is 21.4. The number of benzene rings is 3. The van der Waals surface area contributed by atoms with Crippen molar-refractivity contribution < 1.29 is 14.3 Å². The van der Waals surface area contributed by atoms with Crippen LogP contribution in [0.15, 0.2) is 82.4 Å². The third kappa shape index (κ3) is 6.35. The molecule has 3 rings (SSSR count). The van der Waals surface area contributed by atoms with Gasteiger partial charge in [0.1, 0.15) is 0 Å². The Hall–Kier alpha value is -3.32. The number of carbonyl (C=O) groups is 1. The van der Waals surface area contributed by atoms with Gasteiger partial charge in [-0.3, -0.25) is 10.2 Å². The molecule has 0 aliphatic heterocycles. The van der Waals surface area contributed by atoms with E-state index in [2.05, 4.69) is 31.8 Å². The molecular formula is C23H22BrN3O3. The van der Waals surface area contributed by atoms with Gasteiger partial charge in [-0.1, -0.05) is 48.5 Å². The molecule has 0 spiro atoms. The second-order valence-electron chi connectivity index (χ2n) is 6.31. The minimum Gasteiger partial charge on any atom is -0.493 e. The first-order chi connectivity index (χ1) is 14.7. The van der Waals surface area contributed by atoms with E-state index in [1.165, 1.54) is 0 Å². The van der Waals surface area contributed by atoms with Gasteiger partial charge in [-0.25, -0.2) is 0 Å². The maximum absolute atomic E-state index is 12.1. The number of para-hydroxylation sites is 1. The van der Waals surface area contributed by atoms with Gasteiger partial charge < -0.3 is 14.8 Å². The standard InChI is InChI=1S/C23H22BrN3O3/c1-29-21-12-18(15-26-27-19-10-6-3-7-11-19)20(24)13-22(21)30-16-23(28)25-14-17-8-4-2-5-9-17/h2-13,15,27H,14,16H2,1H3,(H,25,28). The number of amides is 1. The third-order valence-electron chi connectivity index (χ3n) is 4.15. The summed E-state index contributed by atoms with van der Waals surface area (Å²) in [6, 6.07) is 22.9. The molecule has 6 nitrogen and oxygen atoms in total. The van der Waals surface area contributed by atoms with Crippen LogP contribution in [0.4, 0.5) is 5.69 Å². The zero-order valence-corrected chi connectivity index (χ0v) is 18.1. The summed E-state index contributed by atoms with van der Waals surface area (Å²) in [6.07, 6.45) is 1.68. The highest BCUT2D eigenvalue weighted by atomic mass is 79.9. The highest BCUT2D eigenvalue weighted by Gasteiger charge is 2.11. The maximum atomic E-state index is 12.1. The Bertz CT molecular complexity index is 995. The molecule has 2 N–H and O–H groups in total. The second-order valence-corrected chi connectivity index (χ2v) is 7.17. The minimum atomic E-state index is -0.213. The van der Waals surface area contributed by atoms with Crippen LogP contribution in [-0.2, 0) is 11.3 Å². The highest BCUT2D eigenvalue weighted by molar-refractivity contribution is 9.10. The smallest absolute Gasteiger partial charge is 0.258 e. The van der Waals surface area contributed by atoms with Crippen LogP contribution < -0.4 is 20.2 Å². The number of nitrogens with one attached hydrogen (secondary N) is 2. The van der Waals surface area contributed by atoms with Gasteiger partial charge in [-0.05, 0) is 45.8 Å². The summed E-state index contributed by atoms with van der Waals surface area (Å²) in [6.45, 7) is 0.340. The topological polar surface area (TPSA) is 71.9 Å². The van der Waals surface area contributed by atoms with Crippen LogP contribution in [0.1, 0.15) is 11.1 Å². The summed E-state index contributed by atoms with van der Waals surface area (Å²) in [5.74, 6) is 0.761. The summed E-state index contributed by atoms with van der Waals surface area (Å²) in [5.41, 5.74) is 5.68. The largest absolute Gasteiger partial charge is 0.493 e. The maximum Gasteiger partial charge on any atom is 0.258 e. The summed E-state index contributed by atoms with van der Waals surface area (Å²) in [7, 11) is 1.55. The summed E-state index contributed by atoms with van der Waals surface area (Å²) in [5, 5.41) is 7.07. The van der Waals surface area contributed by atoms with Crippen LogP contribution >= 0.6 is 15.9 Å². The lowest BCUT2D eigenvalue weighted by Gasteiger charge is -2.13. The number of carbonyl (C=O) groups excluding carboxylic acids is 1. The monoisotopic (exact) mass is 467 g/mol. The molecule has 0 aromatic heterocycles. The first-order valence-corrected chi connectivity index (χ1v) is 10.1. The SMILES string of the molecule is COc1cc(C=NNc2ccccc2)c(Br)cc1OCC(=O)NCc1ccccc1. The van der Waals surface area contributed by atoms with Crippen molar-refractivity contribution in [1.29, 1.82) is 0 Å². The lowest BCUT2D eigenvalue weighted by molar-refractivity contribution is -0.123. The molecule has 0 radical (unpaired) electrons. The third-order valence-corrected chi connectivity index (χ3v) is 4.83. The molecular weight excluding hydrogens is 446 g/mol. The van der Waals surface area contributed by atoms with Gasteiger partial charge in [0.05, 0.1) is 19.0 Å². The quantitative estimate of drug-likeness (QED) is 0.356. The van der Waals surface area contributed by atoms with Crippen LogP contribution in [0.5, 0.6) is 11.5 Å². The minimum absolute atomic E-state index is 0.112. The second kappa shape index (κ2) is 11.0. The molecule has 7 heteroatoms. The molecule has 3 aromatic rings. The van der Waals surface area contributed by atoms with E-state index < -0.39 is 0 Å². The average molecular weight is 468 g/mol. The van der Waals surface area contributed by atoms with Crippen molar-refractivity contribution in [2.75, 3.05) is 19.1 Å². The molecule has 0 heterocycles. The van der Waals surface area contributed by atoms with Crippen molar-refractivity contribution in [3.05, 3.63) is 88.4 Å². The van der Waals surface area contributed by atoms with Crippen molar-refractivity contribution in [3.63, 3.8) is 0 Å². The van der Waals surface area contributed by atoms with E-state index >= 15 is 0 Å². The average Bonchev–Trinajstić information content (AvgIpc) is 2.78. The fraction of sp³-hybridized carbons (Fsp3) is 0.130. The summed E-state index contributed by atoms with van der Waals surface area (Å²) < 4.78 is 11.8. The fourth-order valence-electron chi connectivity index (χ4n) is 2.60. The van der Waals surface area contributed by atoms with Gasteiger partial charge >= 0.3 is 0 Å². The van der Waals surface area contributed by atoms with E-state index in [4.69, 9.17) is 9.47 Å².